The van der Waals surface area contributed by atoms with Crippen LogP contribution in [0.2, 0.25) is 10.0 Å². The summed E-state index contributed by atoms with van der Waals surface area (Å²) in [6, 6.07) is 24.1. The average molecular weight is 444 g/mol. The summed E-state index contributed by atoms with van der Waals surface area (Å²) in [6.07, 6.45) is -0.890. The Morgan fingerprint density at radius 2 is 1.50 bits per heavy atom. The molecular weight excluding hydrogens is 421 g/mol. The molecule has 0 bridgehead atoms. The van der Waals surface area contributed by atoms with Gasteiger partial charge in [0.15, 0.2) is 0 Å². The lowest BCUT2D eigenvalue weighted by Gasteiger charge is -2.33. The summed E-state index contributed by atoms with van der Waals surface area (Å²) in [5.41, 5.74) is 1.94. The fourth-order valence-corrected chi connectivity index (χ4v) is 3.57. The summed E-state index contributed by atoms with van der Waals surface area (Å²) in [4.78, 5) is 14.2. The minimum absolute atomic E-state index is 0.0119. The van der Waals surface area contributed by atoms with E-state index in [1.54, 1.807) is 23.1 Å². The van der Waals surface area contributed by atoms with E-state index in [4.69, 9.17) is 27.9 Å². The summed E-state index contributed by atoms with van der Waals surface area (Å²) in [6.45, 7) is 1.63. The highest BCUT2D eigenvalue weighted by Gasteiger charge is 2.26. The van der Waals surface area contributed by atoms with Gasteiger partial charge >= 0.3 is 0 Å². The standard InChI is InChI=1S/C24H23Cl2NO3/c1-17(28)27(15-20(29)16-30-21-12-13-22(25)23(26)14-21)24(18-8-4-2-5-9-18)19-10-6-3-7-11-19/h2-14,20,24,29H,15-16H2,1H3. The summed E-state index contributed by atoms with van der Waals surface area (Å²) in [5.74, 6) is 0.363. The maximum absolute atomic E-state index is 12.6. The van der Waals surface area contributed by atoms with Crippen LogP contribution in [0.4, 0.5) is 0 Å². The fourth-order valence-electron chi connectivity index (χ4n) is 3.28. The van der Waals surface area contributed by atoms with Crippen LogP contribution in [-0.4, -0.2) is 35.2 Å². The predicted octanol–water partition coefficient (Wildman–Crippen LogP) is 5.37. The Labute approximate surface area is 186 Å². The zero-order valence-electron chi connectivity index (χ0n) is 16.5. The smallest absolute Gasteiger partial charge is 0.220 e. The van der Waals surface area contributed by atoms with Gasteiger partial charge in [-0.25, -0.2) is 0 Å². The molecule has 3 aromatic rings. The van der Waals surface area contributed by atoms with Crippen LogP contribution < -0.4 is 4.74 Å². The molecule has 0 aliphatic heterocycles. The number of ether oxygens (including phenoxy) is 1. The minimum Gasteiger partial charge on any atom is -0.491 e. The molecule has 1 unspecified atom stereocenters. The lowest BCUT2D eigenvalue weighted by Crippen LogP contribution is -2.41. The zero-order chi connectivity index (χ0) is 21.5. The molecule has 1 atom stereocenters. The third-order valence-corrected chi connectivity index (χ3v) is 5.43. The first kappa shape index (κ1) is 22.2. The maximum atomic E-state index is 12.6. The quantitative estimate of drug-likeness (QED) is 0.508. The maximum Gasteiger partial charge on any atom is 0.220 e. The molecule has 0 saturated heterocycles. The molecule has 0 aromatic heterocycles. The molecule has 0 aliphatic carbocycles. The zero-order valence-corrected chi connectivity index (χ0v) is 18.1. The predicted molar refractivity (Wildman–Crippen MR) is 120 cm³/mol. The lowest BCUT2D eigenvalue weighted by molar-refractivity contribution is -0.132. The second-order valence-corrected chi connectivity index (χ2v) is 7.75. The van der Waals surface area contributed by atoms with Crippen molar-refractivity contribution in [2.75, 3.05) is 13.2 Å². The number of benzene rings is 3. The Morgan fingerprint density at radius 3 is 2.00 bits per heavy atom. The van der Waals surface area contributed by atoms with Crippen molar-refractivity contribution in [3.63, 3.8) is 0 Å². The normalized spacial score (nSPS) is 11.9. The van der Waals surface area contributed by atoms with Crippen molar-refractivity contribution < 1.29 is 14.6 Å². The first-order chi connectivity index (χ1) is 14.5. The van der Waals surface area contributed by atoms with E-state index in [9.17, 15) is 9.90 Å². The molecule has 0 aliphatic rings. The molecule has 0 saturated carbocycles. The van der Waals surface area contributed by atoms with Gasteiger partial charge in [0, 0.05) is 13.0 Å². The molecule has 6 heteroatoms. The number of halogens is 2. The summed E-state index contributed by atoms with van der Waals surface area (Å²) in [5, 5.41) is 11.4. The SMILES string of the molecule is CC(=O)N(CC(O)COc1ccc(Cl)c(Cl)c1)C(c1ccccc1)c1ccccc1. The lowest BCUT2D eigenvalue weighted by atomic mass is 9.96. The first-order valence-electron chi connectivity index (χ1n) is 9.58. The number of carbonyl (C=O) groups excluding carboxylic acids is 1. The van der Waals surface area contributed by atoms with Gasteiger partial charge in [-0.2, -0.15) is 0 Å². The largest absolute Gasteiger partial charge is 0.491 e. The summed E-state index contributed by atoms with van der Waals surface area (Å²) < 4.78 is 5.64. The van der Waals surface area contributed by atoms with Gasteiger partial charge in [-0.05, 0) is 23.3 Å². The van der Waals surface area contributed by atoms with Gasteiger partial charge in [0.25, 0.3) is 0 Å². The highest BCUT2D eigenvalue weighted by molar-refractivity contribution is 6.42. The van der Waals surface area contributed by atoms with Crippen LogP contribution in [0.15, 0.2) is 78.9 Å². The minimum atomic E-state index is -0.890. The van der Waals surface area contributed by atoms with Gasteiger partial charge in [-0.15, -0.1) is 0 Å². The van der Waals surface area contributed by atoms with Gasteiger partial charge in [-0.3, -0.25) is 4.79 Å². The molecule has 3 aromatic carbocycles. The molecule has 0 radical (unpaired) electrons. The van der Waals surface area contributed by atoms with Crippen molar-refractivity contribution >= 4 is 29.1 Å². The Morgan fingerprint density at radius 1 is 0.933 bits per heavy atom. The van der Waals surface area contributed by atoms with Crippen molar-refractivity contribution in [2.24, 2.45) is 0 Å². The number of hydrogen-bond acceptors (Lipinski definition) is 3. The van der Waals surface area contributed by atoms with Crippen molar-refractivity contribution in [1.29, 1.82) is 0 Å². The second-order valence-electron chi connectivity index (χ2n) is 6.94. The van der Waals surface area contributed by atoms with E-state index >= 15 is 0 Å². The van der Waals surface area contributed by atoms with Crippen LogP contribution >= 0.6 is 23.2 Å². The van der Waals surface area contributed by atoms with Crippen LogP contribution in [0.3, 0.4) is 0 Å². The van der Waals surface area contributed by atoms with E-state index in [-0.39, 0.29) is 25.1 Å². The van der Waals surface area contributed by atoms with E-state index in [0.29, 0.717) is 15.8 Å². The molecule has 4 nitrogen and oxygen atoms in total. The van der Waals surface area contributed by atoms with Crippen LogP contribution in [0.5, 0.6) is 5.75 Å². The van der Waals surface area contributed by atoms with Gasteiger partial charge in [0.1, 0.15) is 18.5 Å². The molecule has 0 heterocycles. The van der Waals surface area contributed by atoms with Crippen LogP contribution in [0.25, 0.3) is 0 Å². The number of hydrogen-bond donors (Lipinski definition) is 1. The second kappa shape index (κ2) is 10.5. The first-order valence-corrected chi connectivity index (χ1v) is 10.3. The molecule has 156 valence electrons. The Bertz CT molecular complexity index is 927. The van der Waals surface area contributed by atoms with E-state index < -0.39 is 6.10 Å². The van der Waals surface area contributed by atoms with Crippen LogP contribution in [-0.2, 0) is 4.79 Å². The molecule has 0 spiro atoms. The number of nitrogens with zero attached hydrogens (tertiary/aromatic N) is 1. The summed E-state index contributed by atoms with van der Waals surface area (Å²) >= 11 is 11.9. The monoisotopic (exact) mass is 443 g/mol. The van der Waals surface area contributed by atoms with Crippen LogP contribution in [0, 0.1) is 0 Å². The third-order valence-electron chi connectivity index (χ3n) is 4.69. The highest BCUT2D eigenvalue weighted by atomic mass is 35.5. The number of amides is 1. The van der Waals surface area contributed by atoms with Crippen LogP contribution in [0.1, 0.15) is 24.1 Å². The van der Waals surface area contributed by atoms with E-state index in [0.717, 1.165) is 11.1 Å². The van der Waals surface area contributed by atoms with Crippen molar-refractivity contribution in [1.82, 2.24) is 4.90 Å². The van der Waals surface area contributed by atoms with Crippen molar-refractivity contribution in [3.8, 4) is 5.75 Å². The molecule has 0 fully saturated rings. The number of rotatable bonds is 8. The molecule has 3 rings (SSSR count). The number of aliphatic hydroxyl groups excluding tert-OH is 1. The topological polar surface area (TPSA) is 49.8 Å². The van der Waals surface area contributed by atoms with Gasteiger partial charge < -0.3 is 14.7 Å². The van der Waals surface area contributed by atoms with E-state index in [1.807, 2.05) is 60.7 Å². The highest BCUT2D eigenvalue weighted by Crippen LogP contribution is 2.29. The van der Waals surface area contributed by atoms with E-state index in [1.165, 1.54) is 6.92 Å². The molecule has 30 heavy (non-hydrogen) atoms. The van der Waals surface area contributed by atoms with Crippen molar-refractivity contribution in [3.05, 3.63) is 100 Å². The third kappa shape index (κ3) is 5.76. The average Bonchev–Trinajstić information content (AvgIpc) is 2.75. The number of aliphatic hydroxyl groups is 1. The Kier molecular flexibility index (Phi) is 7.75. The van der Waals surface area contributed by atoms with Crippen molar-refractivity contribution in [2.45, 2.75) is 19.1 Å². The molecule has 1 amide bonds. The molecular formula is C24H23Cl2NO3. The fraction of sp³-hybridized carbons (Fsp3) is 0.208. The van der Waals surface area contributed by atoms with Gasteiger partial charge in [0.2, 0.25) is 5.91 Å². The molecule has 1 N–H and O–H groups in total. The number of carbonyl (C=O) groups is 1. The van der Waals surface area contributed by atoms with Gasteiger partial charge in [0.05, 0.1) is 22.6 Å². The Hall–Kier alpha value is -2.53. The summed E-state index contributed by atoms with van der Waals surface area (Å²) in [7, 11) is 0. The van der Waals surface area contributed by atoms with E-state index in [2.05, 4.69) is 0 Å². The van der Waals surface area contributed by atoms with Gasteiger partial charge in [-0.1, -0.05) is 83.9 Å². The Balaban J connectivity index is 1.78.